The number of hydrogen-bond acceptors (Lipinski definition) is 3. The number of methoxy groups -OCH3 is 1. The van der Waals surface area contributed by atoms with Crippen molar-refractivity contribution in [1.82, 2.24) is 5.32 Å². The lowest BCUT2D eigenvalue weighted by Gasteiger charge is -2.15. The van der Waals surface area contributed by atoms with Crippen molar-refractivity contribution >= 4 is 11.6 Å². The number of nitrogens with two attached hydrogens (primary N) is 1. The highest BCUT2D eigenvalue weighted by Crippen LogP contribution is 2.24. The molecular weight excluding hydrogens is 252 g/mol. The van der Waals surface area contributed by atoms with Crippen LogP contribution in [0.15, 0.2) is 18.2 Å². The molecule has 1 amide bonds. The minimum Gasteiger partial charge on any atom is -0.496 e. The van der Waals surface area contributed by atoms with Gasteiger partial charge < -0.3 is 15.8 Å². The van der Waals surface area contributed by atoms with Crippen molar-refractivity contribution in [2.24, 2.45) is 5.92 Å². The van der Waals surface area contributed by atoms with Crippen LogP contribution in [0.1, 0.15) is 44.1 Å². The van der Waals surface area contributed by atoms with Crippen LogP contribution in [0.4, 0.5) is 5.69 Å². The van der Waals surface area contributed by atoms with E-state index >= 15 is 0 Å². The second-order valence-electron chi connectivity index (χ2n) is 5.48. The van der Waals surface area contributed by atoms with E-state index in [-0.39, 0.29) is 11.8 Å². The first-order valence-electron chi connectivity index (χ1n) is 7.41. The third kappa shape index (κ3) is 3.89. The molecule has 0 radical (unpaired) electrons. The van der Waals surface area contributed by atoms with E-state index < -0.39 is 0 Å². The molecule has 20 heavy (non-hydrogen) atoms. The molecule has 110 valence electrons. The molecule has 3 N–H and O–H groups in total. The molecule has 0 atom stereocenters. The van der Waals surface area contributed by atoms with E-state index in [0.717, 1.165) is 24.2 Å². The monoisotopic (exact) mass is 276 g/mol. The lowest BCUT2D eigenvalue weighted by Crippen LogP contribution is -2.30. The summed E-state index contributed by atoms with van der Waals surface area (Å²) in [6.45, 7) is 0.476. The van der Waals surface area contributed by atoms with Gasteiger partial charge in [0.2, 0.25) is 5.91 Å². The third-order valence-electron chi connectivity index (χ3n) is 3.98. The fourth-order valence-corrected chi connectivity index (χ4v) is 2.80. The quantitative estimate of drug-likeness (QED) is 0.656. The van der Waals surface area contributed by atoms with Crippen LogP contribution in [0.5, 0.6) is 5.75 Å². The highest BCUT2D eigenvalue weighted by Gasteiger charge is 2.19. The topological polar surface area (TPSA) is 64.3 Å². The molecule has 0 heterocycles. The zero-order valence-corrected chi connectivity index (χ0v) is 12.2. The summed E-state index contributed by atoms with van der Waals surface area (Å²) in [5.74, 6) is 1.10. The summed E-state index contributed by atoms with van der Waals surface area (Å²) < 4.78 is 5.29. The highest BCUT2D eigenvalue weighted by molar-refractivity contribution is 5.78. The minimum absolute atomic E-state index is 0.163. The van der Waals surface area contributed by atoms with Crippen LogP contribution >= 0.6 is 0 Å². The summed E-state index contributed by atoms with van der Waals surface area (Å²) in [4.78, 5) is 12.2. The van der Waals surface area contributed by atoms with Gasteiger partial charge in [-0.15, -0.1) is 0 Å². The van der Waals surface area contributed by atoms with E-state index in [1.807, 2.05) is 12.1 Å². The predicted molar refractivity (Wildman–Crippen MR) is 80.4 cm³/mol. The summed E-state index contributed by atoms with van der Waals surface area (Å²) in [6, 6.07) is 5.49. The maximum absolute atomic E-state index is 12.2. The molecule has 2 rings (SSSR count). The van der Waals surface area contributed by atoms with E-state index in [2.05, 4.69) is 5.32 Å². The molecule has 4 nitrogen and oxygen atoms in total. The van der Waals surface area contributed by atoms with Gasteiger partial charge in [0.1, 0.15) is 5.75 Å². The fraction of sp³-hybridized carbons (Fsp3) is 0.562. The predicted octanol–water partition coefficient (Wildman–Crippen LogP) is 2.86. The fourth-order valence-electron chi connectivity index (χ4n) is 2.80. The van der Waals surface area contributed by atoms with Gasteiger partial charge in [0.05, 0.1) is 7.11 Å². The van der Waals surface area contributed by atoms with Crippen LogP contribution < -0.4 is 15.8 Å². The molecule has 1 aromatic carbocycles. The van der Waals surface area contributed by atoms with E-state index in [4.69, 9.17) is 10.5 Å². The second kappa shape index (κ2) is 7.17. The number of anilines is 1. The molecule has 0 unspecified atom stereocenters. The van der Waals surface area contributed by atoms with Crippen LogP contribution in [-0.4, -0.2) is 13.0 Å². The van der Waals surface area contributed by atoms with E-state index in [1.165, 1.54) is 25.7 Å². The first-order valence-corrected chi connectivity index (χ1v) is 7.41. The summed E-state index contributed by atoms with van der Waals surface area (Å²) >= 11 is 0. The van der Waals surface area contributed by atoms with Crippen LogP contribution in [0.2, 0.25) is 0 Å². The number of benzene rings is 1. The van der Waals surface area contributed by atoms with Gasteiger partial charge in [0, 0.05) is 23.7 Å². The SMILES string of the molecule is COc1ccc(N)cc1CNC(=O)C1CCCCCC1. The molecule has 1 aliphatic carbocycles. The van der Waals surface area contributed by atoms with Crippen molar-refractivity contribution in [3.05, 3.63) is 23.8 Å². The average molecular weight is 276 g/mol. The maximum atomic E-state index is 12.2. The minimum atomic E-state index is 0.163. The van der Waals surface area contributed by atoms with Crippen molar-refractivity contribution in [2.45, 2.75) is 45.1 Å². The Morgan fingerprint density at radius 1 is 1.30 bits per heavy atom. The summed E-state index contributed by atoms with van der Waals surface area (Å²) in [6.07, 6.45) is 6.87. The number of ether oxygens (including phenoxy) is 1. The number of rotatable bonds is 4. The molecule has 0 spiro atoms. The Morgan fingerprint density at radius 2 is 2.00 bits per heavy atom. The van der Waals surface area contributed by atoms with Gasteiger partial charge >= 0.3 is 0 Å². The number of nitrogen functional groups attached to an aromatic ring is 1. The van der Waals surface area contributed by atoms with Crippen molar-refractivity contribution in [3.63, 3.8) is 0 Å². The van der Waals surface area contributed by atoms with E-state index in [9.17, 15) is 4.79 Å². The van der Waals surface area contributed by atoms with Gasteiger partial charge in [-0.3, -0.25) is 4.79 Å². The standard InChI is InChI=1S/C16H24N2O2/c1-20-15-9-8-14(17)10-13(15)11-18-16(19)12-6-4-2-3-5-7-12/h8-10,12H,2-7,11,17H2,1H3,(H,18,19). The number of carbonyl (C=O) groups excluding carboxylic acids is 1. The van der Waals surface area contributed by atoms with E-state index in [1.54, 1.807) is 13.2 Å². The molecule has 4 heteroatoms. The number of amides is 1. The van der Waals surface area contributed by atoms with Gasteiger partial charge in [-0.2, -0.15) is 0 Å². The zero-order chi connectivity index (χ0) is 14.4. The molecule has 1 saturated carbocycles. The highest BCUT2D eigenvalue weighted by atomic mass is 16.5. The first kappa shape index (κ1) is 14.7. The second-order valence-corrected chi connectivity index (χ2v) is 5.48. The Balaban J connectivity index is 1.93. The zero-order valence-electron chi connectivity index (χ0n) is 12.2. The number of hydrogen-bond donors (Lipinski definition) is 2. The molecule has 0 aliphatic heterocycles. The lowest BCUT2D eigenvalue weighted by molar-refractivity contribution is -0.125. The van der Waals surface area contributed by atoms with Crippen molar-refractivity contribution in [1.29, 1.82) is 0 Å². The average Bonchev–Trinajstić information content (AvgIpc) is 2.74. The lowest BCUT2D eigenvalue weighted by atomic mass is 9.99. The van der Waals surface area contributed by atoms with Crippen molar-refractivity contribution in [3.8, 4) is 5.75 Å². The van der Waals surface area contributed by atoms with Gasteiger partial charge in [-0.1, -0.05) is 25.7 Å². The van der Waals surface area contributed by atoms with Crippen LogP contribution in [0.3, 0.4) is 0 Å². The molecule has 1 aromatic rings. The molecule has 0 saturated heterocycles. The largest absolute Gasteiger partial charge is 0.496 e. The van der Waals surface area contributed by atoms with Crippen LogP contribution in [0, 0.1) is 5.92 Å². The van der Waals surface area contributed by atoms with Crippen molar-refractivity contribution in [2.75, 3.05) is 12.8 Å². The summed E-state index contributed by atoms with van der Waals surface area (Å²) in [5, 5.41) is 3.02. The van der Waals surface area contributed by atoms with Crippen molar-refractivity contribution < 1.29 is 9.53 Å². The van der Waals surface area contributed by atoms with Gasteiger partial charge in [-0.05, 0) is 31.0 Å². The Kier molecular flexibility index (Phi) is 5.27. The first-order chi connectivity index (χ1) is 9.70. The molecule has 1 fully saturated rings. The smallest absolute Gasteiger partial charge is 0.223 e. The van der Waals surface area contributed by atoms with Gasteiger partial charge in [-0.25, -0.2) is 0 Å². The van der Waals surface area contributed by atoms with Crippen LogP contribution in [0.25, 0.3) is 0 Å². The summed E-state index contributed by atoms with van der Waals surface area (Å²) in [5.41, 5.74) is 7.39. The Labute approximate surface area is 120 Å². The van der Waals surface area contributed by atoms with Gasteiger partial charge in [0.15, 0.2) is 0 Å². The molecule has 1 aliphatic rings. The normalized spacial score (nSPS) is 16.4. The molecular formula is C16H24N2O2. The number of carbonyl (C=O) groups is 1. The maximum Gasteiger partial charge on any atom is 0.223 e. The van der Waals surface area contributed by atoms with Gasteiger partial charge in [0.25, 0.3) is 0 Å². The Morgan fingerprint density at radius 3 is 2.65 bits per heavy atom. The third-order valence-corrected chi connectivity index (χ3v) is 3.98. The van der Waals surface area contributed by atoms with Crippen LogP contribution in [-0.2, 0) is 11.3 Å². The molecule has 0 bridgehead atoms. The Hall–Kier alpha value is -1.71. The Bertz CT molecular complexity index is 452. The summed E-state index contributed by atoms with van der Waals surface area (Å²) in [7, 11) is 1.63. The van der Waals surface area contributed by atoms with E-state index in [0.29, 0.717) is 12.2 Å². The number of nitrogens with one attached hydrogen (secondary N) is 1. The molecule has 0 aromatic heterocycles.